The van der Waals surface area contributed by atoms with E-state index in [1.165, 1.54) is 24.4 Å². The number of nitrogens with zero attached hydrogens (tertiary/aromatic N) is 3. The lowest BCUT2D eigenvalue weighted by atomic mass is 10.1. The maximum absolute atomic E-state index is 11.5. The van der Waals surface area contributed by atoms with Crippen LogP contribution in [0.4, 0.5) is 0 Å². The molecule has 0 amide bonds. The second-order valence-electron chi connectivity index (χ2n) is 6.24. The van der Waals surface area contributed by atoms with Crippen LogP contribution >= 0.6 is 23.1 Å². The van der Waals surface area contributed by atoms with Crippen molar-refractivity contribution in [3.05, 3.63) is 70.7 Å². The zero-order valence-corrected chi connectivity index (χ0v) is 17.4. The Morgan fingerprint density at radius 1 is 1.07 bits per heavy atom. The predicted octanol–water partition coefficient (Wildman–Crippen LogP) is 5.25. The summed E-state index contributed by atoms with van der Waals surface area (Å²) >= 11 is 3.01. The van der Waals surface area contributed by atoms with E-state index in [4.69, 9.17) is 9.15 Å². The smallest absolute Gasteiger partial charge is 0.337 e. The minimum Gasteiger partial charge on any atom is -0.465 e. The van der Waals surface area contributed by atoms with Crippen LogP contribution in [-0.4, -0.2) is 28.3 Å². The first kappa shape index (κ1) is 19.4. The molecule has 0 fully saturated rings. The average Bonchev–Trinajstić information content (AvgIpc) is 3.42. The molecule has 2 aromatic carbocycles. The maximum Gasteiger partial charge on any atom is 0.337 e. The van der Waals surface area contributed by atoms with Crippen molar-refractivity contribution in [2.75, 3.05) is 7.11 Å². The third-order valence-electron chi connectivity index (χ3n) is 4.15. The van der Waals surface area contributed by atoms with Crippen LogP contribution in [0, 0.1) is 6.92 Å². The van der Waals surface area contributed by atoms with Crippen molar-refractivity contribution in [1.29, 1.82) is 0 Å². The number of carbonyl (C=O) groups excluding carboxylic acids is 1. The molecule has 0 spiro atoms. The predicted molar refractivity (Wildman–Crippen MR) is 113 cm³/mol. The van der Waals surface area contributed by atoms with Gasteiger partial charge in [0.2, 0.25) is 5.89 Å². The summed E-state index contributed by atoms with van der Waals surface area (Å²) in [7, 11) is 1.37. The summed E-state index contributed by atoms with van der Waals surface area (Å²) in [6.45, 7) is 2.04. The van der Waals surface area contributed by atoms with Crippen molar-refractivity contribution < 1.29 is 13.9 Å². The van der Waals surface area contributed by atoms with Gasteiger partial charge in [-0.15, -0.1) is 21.5 Å². The molecule has 0 N–H and O–H groups in total. The highest BCUT2D eigenvalue weighted by atomic mass is 32.2. The van der Waals surface area contributed by atoms with E-state index >= 15 is 0 Å². The molecule has 6 nitrogen and oxygen atoms in total. The fourth-order valence-corrected chi connectivity index (χ4v) is 4.18. The molecule has 0 radical (unpaired) electrons. The summed E-state index contributed by atoms with van der Waals surface area (Å²) in [5.74, 6) is 0.793. The number of esters is 1. The number of methoxy groups -OCH3 is 1. The summed E-state index contributed by atoms with van der Waals surface area (Å²) in [6, 6.07) is 15.2. The van der Waals surface area contributed by atoms with Crippen molar-refractivity contribution in [2.24, 2.45) is 0 Å². The fourth-order valence-electron chi connectivity index (χ4n) is 2.59. The molecule has 0 saturated heterocycles. The van der Waals surface area contributed by atoms with Crippen molar-refractivity contribution in [1.82, 2.24) is 15.2 Å². The van der Waals surface area contributed by atoms with Crippen molar-refractivity contribution in [3.63, 3.8) is 0 Å². The summed E-state index contributed by atoms with van der Waals surface area (Å²) < 4.78 is 10.5. The minimum absolute atomic E-state index is 0.350. The molecule has 0 unspecified atom stereocenters. The van der Waals surface area contributed by atoms with Crippen LogP contribution in [0.2, 0.25) is 0 Å². The largest absolute Gasteiger partial charge is 0.465 e. The van der Waals surface area contributed by atoms with Crippen molar-refractivity contribution >= 4 is 29.1 Å². The quantitative estimate of drug-likeness (QED) is 0.310. The Morgan fingerprint density at radius 2 is 1.79 bits per heavy atom. The molecule has 0 aliphatic heterocycles. The number of benzene rings is 2. The van der Waals surface area contributed by atoms with Crippen LogP contribution < -0.4 is 0 Å². The molecule has 0 saturated carbocycles. The number of aromatic nitrogens is 3. The van der Waals surface area contributed by atoms with Gasteiger partial charge in [0.05, 0.1) is 18.4 Å². The monoisotopic (exact) mass is 423 g/mol. The molecule has 2 aromatic heterocycles. The van der Waals surface area contributed by atoms with Crippen molar-refractivity contribution in [3.8, 4) is 22.0 Å². The third kappa shape index (κ3) is 4.55. The lowest BCUT2D eigenvalue weighted by molar-refractivity contribution is 0.0601. The maximum atomic E-state index is 11.5. The molecule has 0 aliphatic rings. The number of carbonyl (C=O) groups is 1. The van der Waals surface area contributed by atoms with Crippen LogP contribution in [0.25, 0.3) is 22.0 Å². The molecule has 146 valence electrons. The minimum atomic E-state index is -0.350. The topological polar surface area (TPSA) is 78.1 Å². The van der Waals surface area contributed by atoms with E-state index in [1.54, 1.807) is 23.5 Å². The molecule has 4 aromatic rings. The number of ether oxygens (including phenoxy) is 1. The van der Waals surface area contributed by atoms with Crippen LogP contribution in [0.3, 0.4) is 0 Å². The van der Waals surface area contributed by atoms with Gasteiger partial charge < -0.3 is 9.15 Å². The van der Waals surface area contributed by atoms with Gasteiger partial charge in [-0.25, -0.2) is 9.78 Å². The molecular weight excluding hydrogens is 406 g/mol. The van der Waals surface area contributed by atoms with Gasteiger partial charge in [-0.3, -0.25) is 0 Å². The molecule has 0 atom stereocenters. The molecule has 29 heavy (non-hydrogen) atoms. The van der Waals surface area contributed by atoms with E-state index in [0.29, 0.717) is 22.4 Å². The van der Waals surface area contributed by atoms with Gasteiger partial charge in [0.15, 0.2) is 0 Å². The normalized spacial score (nSPS) is 10.8. The Bertz CT molecular complexity index is 1120. The van der Waals surface area contributed by atoms with Crippen LogP contribution in [-0.2, 0) is 10.5 Å². The van der Waals surface area contributed by atoms with E-state index in [9.17, 15) is 4.79 Å². The van der Waals surface area contributed by atoms with Gasteiger partial charge in [0, 0.05) is 22.3 Å². The molecule has 8 heteroatoms. The summed E-state index contributed by atoms with van der Waals surface area (Å²) in [4.78, 5) is 16.2. The third-order valence-corrected chi connectivity index (χ3v) is 5.95. The highest BCUT2D eigenvalue weighted by molar-refractivity contribution is 7.98. The van der Waals surface area contributed by atoms with Gasteiger partial charge in [-0.1, -0.05) is 41.6 Å². The fraction of sp³-hybridized carbons (Fsp3) is 0.143. The molecule has 0 bridgehead atoms. The summed E-state index contributed by atoms with van der Waals surface area (Å²) in [6.07, 6.45) is 0. The number of thioether (sulfide) groups is 1. The van der Waals surface area contributed by atoms with Gasteiger partial charge in [-0.05, 0) is 31.2 Å². The lowest BCUT2D eigenvalue weighted by Crippen LogP contribution is -2.00. The molecule has 0 aliphatic carbocycles. The number of aryl methyl sites for hydroxylation is 1. The lowest BCUT2D eigenvalue weighted by Gasteiger charge is -2.00. The Morgan fingerprint density at radius 3 is 2.52 bits per heavy atom. The van der Waals surface area contributed by atoms with E-state index in [2.05, 4.69) is 15.2 Å². The van der Waals surface area contributed by atoms with Gasteiger partial charge in [0.1, 0.15) is 5.01 Å². The summed E-state index contributed by atoms with van der Waals surface area (Å²) in [5, 5.41) is 11.6. The summed E-state index contributed by atoms with van der Waals surface area (Å²) in [5.41, 5.74) is 4.49. The molecular formula is C21H17N3O3S2. The van der Waals surface area contributed by atoms with E-state index in [-0.39, 0.29) is 5.97 Å². The average molecular weight is 424 g/mol. The standard InChI is InChI=1S/C21H17N3O3S2/c1-13-3-5-14(6-4-13)18-23-24-21(27-18)29-12-17-11-28-19(22-17)15-7-9-16(10-8-15)20(25)26-2/h3-11H,12H2,1-2H3. The first-order valence-corrected chi connectivity index (χ1v) is 10.7. The van der Waals surface area contributed by atoms with Crippen LogP contribution in [0.1, 0.15) is 21.6 Å². The van der Waals surface area contributed by atoms with E-state index in [0.717, 1.165) is 21.8 Å². The van der Waals surface area contributed by atoms with E-state index < -0.39 is 0 Å². The zero-order valence-electron chi connectivity index (χ0n) is 15.8. The number of hydrogen-bond acceptors (Lipinski definition) is 8. The Kier molecular flexibility index (Phi) is 5.73. The van der Waals surface area contributed by atoms with E-state index in [1.807, 2.05) is 48.7 Å². The highest BCUT2D eigenvalue weighted by Gasteiger charge is 2.12. The van der Waals surface area contributed by atoms with Crippen LogP contribution in [0.5, 0.6) is 0 Å². The molecule has 2 heterocycles. The first-order chi connectivity index (χ1) is 14.1. The highest BCUT2D eigenvalue weighted by Crippen LogP contribution is 2.29. The number of rotatable bonds is 6. The SMILES string of the molecule is COC(=O)c1ccc(-c2nc(CSc3nnc(-c4ccc(C)cc4)o3)cs2)cc1. The first-order valence-electron chi connectivity index (χ1n) is 8.79. The molecule has 4 rings (SSSR count). The van der Waals surface area contributed by atoms with Gasteiger partial charge in [-0.2, -0.15) is 0 Å². The number of thiazole rings is 1. The Labute approximate surface area is 176 Å². The van der Waals surface area contributed by atoms with Gasteiger partial charge in [0.25, 0.3) is 5.22 Å². The Hall–Kier alpha value is -2.97. The Balaban J connectivity index is 1.40. The number of hydrogen-bond donors (Lipinski definition) is 0. The second kappa shape index (κ2) is 8.59. The van der Waals surface area contributed by atoms with Gasteiger partial charge >= 0.3 is 5.97 Å². The zero-order chi connectivity index (χ0) is 20.2. The second-order valence-corrected chi connectivity index (χ2v) is 8.03. The van der Waals surface area contributed by atoms with Crippen molar-refractivity contribution in [2.45, 2.75) is 17.9 Å². The van der Waals surface area contributed by atoms with Crippen LogP contribution in [0.15, 0.2) is 63.6 Å².